The first-order chi connectivity index (χ1) is 9.10. The fourth-order valence-electron chi connectivity index (χ4n) is 3.09. The minimum atomic E-state index is -0.332. The maximum atomic E-state index is 13.1. The Morgan fingerprint density at radius 2 is 2.26 bits per heavy atom. The van der Waals surface area contributed by atoms with Crippen molar-refractivity contribution >= 4 is 21.8 Å². The largest absolute Gasteiger partial charge is 0.338 e. The maximum absolute atomic E-state index is 13.1. The van der Waals surface area contributed by atoms with E-state index in [1.54, 1.807) is 6.07 Å². The Hall–Kier alpha value is -0.940. The van der Waals surface area contributed by atoms with Crippen LogP contribution in [0.15, 0.2) is 22.7 Å². The Morgan fingerprint density at radius 1 is 1.42 bits per heavy atom. The Balaban J connectivity index is 1.78. The number of likely N-dealkylation sites (tertiary alicyclic amines) is 1. The standard InChI is InChI=1S/C14H16BrFN2O/c15-12-7-10(16)1-2-11(12)13(19)18-6-4-14(9-18)3-5-17-8-14/h1-2,7,17H,3-6,8-9H2. The molecule has 2 aliphatic rings. The third kappa shape index (κ3) is 2.41. The topological polar surface area (TPSA) is 32.3 Å². The second kappa shape index (κ2) is 4.87. The van der Waals surface area contributed by atoms with Gasteiger partial charge in [-0.3, -0.25) is 4.79 Å². The first-order valence-electron chi connectivity index (χ1n) is 6.55. The van der Waals surface area contributed by atoms with Crippen molar-refractivity contribution in [2.24, 2.45) is 5.41 Å². The van der Waals surface area contributed by atoms with Crippen molar-refractivity contribution in [1.82, 2.24) is 10.2 Å². The van der Waals surface area contributed by atoms with E-state index in [4.69, 9.17) is 0 Å². The van der Waals surface area contributed by atoms with E-state index in [-0.39, 0.29) is 17.1 Å². The van der Waals surface area contributed by atoms with E-state index in [1.165, 1.54) is 12.1 Å². The number of halogens is 2. The summed E-state index contributed by atoms with van der Waals surface area (Å²) in [5.74, 6) is -0.336. The second-order valence-corrected chi connectivity index (χ2v) is 6.38. The lowest BCUT2D eigenvalue weighted by Gasteiger charge is -2.23. The van der Waals surface area contributed by atoms with Gasteiger partial charge in [0.2, 0.25) is 0 Å². The quantitative estimate of drug-likeness (QED) is 0.859. The third-order valence-electron chi connectivity index (χ3n) is 4.22. The van der Waals surface area contributed by atoms with Crippen molar-refractivity contribution in [3.05, 3.63) is 34.1 Å². The SMILES string of the molecule is O=C(c1ccc(F)cc1Br)N1CCC2(CCNC2)C1. The van der Waals surface area contributed by atoms with E-state index in [2.05, 4.69) is 21.2 Å². The molecular formula is C14H16BrFN2O. The van der Waals surface area contributed by atoms with E-state index >= 15 is 0 Å². The van der Waals surface area contributed by atoms with Crippen LogP contribution < -0.4 is 5.32 Å². The van der Waals surface area contributed by atoms with E-state index in [0.29, 0.717) is 10.0 Å². The Labute approximate surface area is 120 Å². The predicted octanol–water partition coefficient (Wildman–Crippen LogP) is 2.41. The molecule has 2 heterocycles. The van der Waals surface area contributed by atoms with Crippen LogP contribution in [0.3, 0.4) is 0 Å². The van der Waals surface area contributed by atoms with Crippen molar-refractivity contribution in [3.8, 4) is 0 Å². The van der Waals surface area contributed by atoms with Crippen molar-refractivity contribution in [3.63, 3.8) is 0 Å². The monoisotopic (exact) mass is 326 g/mol. The summed E-state index contributed by atoms with van der Waals surface area (Å²) in [6, 6.07) is 4.23. The van der Waals surface area contributed by atoms with Gasteiger partial charge in [-0.2, -0.15) is 0 Å². The average molecular weight is 327 g/mol. The number of carbonyl (C=O) groups is 1. The number of nitrogens with one attached hydrogen (secondary N) is 1. The minimum absolute atomic E-state index is 0.00403. The lowest BCUT2D eigenvalue weighted by atomic mass is 9.86. The van der Waals surface area contributed by atoms with Gasteiger partial charge in [0.25, 0.3) is 5.91 Å². The molecule has 0 bridgehead atoms. The number of benzene rings is 1. The molecular weight excluding hydrogens is 311 g/mol. The third-order valence-corrected chi connectivity index (χ3v) is 4.88. The van der Waals surface area contributed by atoms with Gasteiger partial charge in [0, 0.05) is 29.5 Å². The van der Waals surface area contributed by atoms with Crippen molar-refractivity contribution in [2.45, 2.75) is 12.8 Å². The van der Waals surface area contributed by atoms with Crippen LogP contribution in [-0.2, 0) is 0 Å². The van der Waals surface area contributed by atoms with Gasteiger partial charge in [-0.05, 0) is 53.5 Å². The van der Waals surface area contributed by atoms with Crippen LogP contribution in [0.4, 0.5) is 4.39 Å². The summed E-state index contributed by atoms with van der Waals surface area (Å²) in [5.41, 5.74) is 0.812. The van der Waals surface area contributed by atoms with Crippen LogP contribution in [0.25, 0.3) is 0 Å². The molecule has 1 atom stereocenters. The lowest BCUT2D eigenvalue weighted by Crippen LogP contribution is -2.33. The summed E-state index contributed by atoms with van der Waals surface area (Å²) >= 11 is 3.27. The Morgan fingerprint density at radius 3 is 2.95 bits per heavy atom. The Bertz CT molecular complexity index is 514. The molecule has 0 aromatic heterocycles. The zero-order valence-corrected chi connectivity index (χ0v) is 12.2. The van der Waals surface area contributed by atoms with Gasteiger partial charge in [0.1, 0.15) is 5.82 Å². The van der Waals surface area contributed by atoms with Gasteiger partial charge in [-0.25, -0.2) is 4.39 Å². The maximum Gasteiger partial charge on any atom is 0.255 e. The number of carbonyl (C=O) groups excluding carboxylic acids is 1. The molecule has 1 amide bonds. The summed E-state index contributed by atoms with van der Waals surface area (Å²) in [6.07, 6.45) is 2.20. The van der Waals surface area contributed by atoms with Crippen LogP contribution in [0, 0.1) is 11.2 Å². The first kappa shape index (κ1) is 13.1. The zero-order chi connectivity index (χ0) is 13.5. The molecule has 2 fully saturated rings. The summed E-state index contributed by atoms with van der Waals surface area (Å²) in [6.45, 7) is 3.65. The van der Waals surface area contributed by atoms with Crippen LogP contribution in [-0.4, -0.2) is 37.0 Å². The van der Waals surface area contributed by atoms with E-state index in [0.717, 1.165) is 39.0 Å². The molecule has 0 saturated carbocycles. The molecule has 1 aromatic carbocycles. The van der Waals surface area contributed by atoms with Crippen molar-refractivity contribution in [1.29, 1.82) is 0 Å². The van der Waals surface area contributed by atoms with E-state index in [9.17, 15) is 9.18 Å². The van der Waals surface area contributed by atoms with Crippen molar-refractivity contribution < 1.29 is 9.18 Å². The molecule has 1 unspecified atom stereocenters. The highest BCUT2D eigenvalue weighted by Gasteiger charge is 2.42. The molecule has 3 nitrogen and oxygen atoms in total. The zero-order valence-electron chi connectivity index (χ0n) is 10.6. The van der Waals surface area contributed by atoms with Crippen LogP contribution >= 0.6 is 15.9 Å². The smallest absolute Gasteiger partial charge is 0.255 e. The molecule has 2 aliphatic heterocycles. The van der Waals surface area contributed by atoms with E-state index in [1.807, 2.05) is 4.90 Å². The highest BCUT2D eigenvalue weighted by atomic mass is 79.9. The average Bonchev–Trinajstić information content (AvgIpc) is 3.00. The molecule has 5 heteroatoms. The summed E-state index contributed by atoms with van der Waals surface area (Å²) < 4.78 is 13.6. The lowest BCUT2D eigenvalue weighted by molar-refractivity contribution is 0.0775. The number of hydrogen-bond acceptors (Lipinski definition) is 2. The van der Waals surface area contributed by atoms with Crippen LogP contribution in [0.5, 0.6) is 0 Å². The number of hydrogen-bond donors (Lipinski definition) is 1. The fourth-order valence-corrected chi connectivity index (χ4v) is 3.61. The molecule has 0 radical (unpaired) electrons. The second-order valence-electron chi connectivity index (χ2n) is 5.53. The van der Waals surface area contributed by atoms with Crippen molar-refractivity contribution in [2.75, 3.05) is 26.2 Å². The van der Waals surface area contributed by atoms with Gasteiger partial charge in [0.15, 0.2) is 0 Å². The van der Waals surface area contributed by atoms with Crippen LogP contribution in [0.2, 0.25) is 0 Å². The van der Waals surface area contributed by atoms with Gasteiger partial charge in [0.05, 0.1) is 5.56 Å². The summed E-state index contributed by atoms with van der Waals surface area (Å²) in [5, 5.41) is 3.38. The predicted molar refractivity (Wildman–Crippen MR) is 74.5 cm³/mol. The minimum Gasteiger partial charge on any atom is -0.338 e. The number of amides is 1. The highest BCUT2D eigenvalue weighted by molar-refractivity contribution is 9.10. The van der Waals surface area contributed by atoms with Gasteiger partial charge in [-0.1, -0.05) is 0 Å². The molecule has 19 heavy (non-hydrogen) atoms. The molecule has 1 spiro atoms. The fraction of sp³-hybridized carbons (Fsp3) is 0.500. The molecule has 1 N–H and O–H groups in total. The molecule has 3 rings (SSSR count). The normalized spacial score (nSPS) is 26.3. The molecule has 0 aliphatic carbocycles. The van der Waals surface area contributed by atoms with Gasteiger partial charge >= 0.3 is 0 Å². The molecule has 1 aromatic rings. The van der Waals surface area contributed by atoms with Crippen LogP contribution in [0.1, 0.15) is 23.2 Å². The number of rotatable bonds is 1. The summed E-state index contributed by atoms with van der Waals surface area (Å²) in [4.78, 5) is 14.4. The van der Waals surface area contributed by atoms with Gasteiger partial charge in [-0.15, -0.1) is 0 Å². The molecule has 2 saturated heterocycles. The van der Waals surface area contributed by atoms with E-state index < -0.39 is 0 Å². The summed E-state index contributed by atoms with van der Waals surface area (Å²) in [7, 11) is 0. The number of nitrogens with zero attached hydrogens (tertiary/aromatic N) is 1. The Kier molecular flexibility index (Phi) is 3.35. The molecule has 102 valence electrons. The highest BCUT2D eigenvalue weighted by Crippen LogP contribution is 2.37. The van der Waals surface area contributed by atoms with Gasteiger partial charge < -0.3 is 10.2 Å². The first-order valence-corrected chi connectivity index (χ1v) is 7.34.